The van der Waals surface area contributed by atoms with Crippen molar-refractivity contribution in [3.8, 4) is 5.75 Å². The Bertz CT molecular complexity index is 352. The number of aromatic nitrogens is 1. The molecular weight excluding hydrogens is 266 g/mol. The Balaban J connectivity index is 0.00000128. The molecule has 0 aliphatic carbocycles. The van der Waals surface area contributed by atoms with Crippen LogP contribution < -0.4 is 26.3 Å². The lowest BCUT2D eigenvalue weighted by molar-refractivity contribution is -0.697. The van der Waals surface area contributed by atoms with Gasteiger partial charge in [-0.25, -0.2) is 4.57 Å². The highest BCUT2D eigenvalue weighted by molar-refractivity contribution is 5.20. The molecule has 16 heavy (non-hydrogen) atoms. The third-order valence-electron chi connectivity index (χ3n) is 2.14. The first-order chi connectivity index (χ1) is 7.45. The second-order valence-electron chi connectivity index (χ2n) is 3.27. The van der Waals surface area contributed by atoms with Gasteiger partial charge in [0.2, 0.25) is 0 Å². The van der Waals surface area contributed by atoms with E-state index < -0.39 is 0 Å². The van der Waals surface area contributed by atoms with Gasteiger partial charge in [-0.05, 0) is 12.1 Å². The lowest BCUT2D eigenvalue weighted by Gasteiger charge is -2.02. The lowest BCUT2D eigenvalue weighted by Crippen LogP contribution is -3.00. The van der Waals surface area contributed by atoms with Crippen molar-refractivity contribution in [1.82, 2.24) is 0 Å². The summed E-state index contributed by atoms with van der Waals surface area (Å²) in [6.07, 6.45) is 4.07. The Kier molecular flexibility index (Phi) is 5.57. The summed E-state index contributed by atoms with van der Waals surface area (Å²) in [7, 11) is 0. The highest BCUT2D eigenvalue weighted by Crippen LogP contribution is 2.07. The van der Waals surface area contributed by atoms with Crippen LogP contribution in [-0.2, 0) is 6.54 Å². The fourth-order valence-corrected chi connectivity index (χ4v) is 1.37. The number of rotatable bonds is 4. The van der Waals surface area contributed by atoms with Crippen molar-refractivity contribution >= 4 is 0 Å². The number of benzene rings is 1. The number of pyridine rings is 1. The van der Waals surface area contributed by atoms with Crippen molar-refractivity contribution in [1.29, 1.82) is 0 Å². The highest BCUT2D eigenvalue weighted by atomic mass is 79.9. The van der Waals surface area contributed by atoms with E-state index in [2.05, 4.69) is 4.57 Å². The van der Waals surface area contributed by atoms with Gasteiger partial charge in [-0.1, -0.05) is 24.3 Å². The number of para-hydroxylation sites is 1. The van der Waals surface area contributed by atoms with Gasteiger partial charge in [-0.3, -0.25) is 0 Å². The summed E-state index contributed by atoms with van der Waals surface area (Å²) < 4.78 is 7.69. The maximum absolute atomic E-state index is 5.59. The van der Waals surface area contributed by atoms with Crippen molar-refractivity contribution in [3.05, 3.63) is 60.9 Å². The van der Waals surface area contributed by atoms with Gasteiger partial charge in [0.1, 0.15) is 12.4 Å². The van der Waals surface area contributed by atoms with Crippen LogP contribution in [0, 0.1) is 0 Å². The molecule has 0 atom stereocenters. The normalized spacial score (nSPS) is 9.25. The summed E-state index contributed by atoms with van der Waals surface area (Å²) in [6.45, 7) is 1.56. The third kappa shape index (κ3) is 4.03. The van der Waals surface area contributed by atoms with E-state index in [9.17, 15) is 0 Å². The van der Waals surface area contributed by atoms with Crippen molar-refractivity contribution in [2.24, 2.45) is 0 Å². The van der Waals surface area contributed by atoms with Crippen molar-refractivity contribution in [2.45, 2.75) is 6.54 Å². The van der Waals surface area contributed by atoms with Gasteiger partial charge in [0.05, 0.1) is 0 Å². The molecule has 1 aromatic heterocycles. The Morgan fingerprint density at radius 2 is 1.50 bits per heavy atom. The van der Waals surface area contributed by atoms with Crippen molar-refractivity contribution in [2.75, 3.05) is 6.61 Å². The summed E-state index contributed by atoms with van der Waals surface area (Å²) in [5.74, 6) is 0.925. The zero-order chi connectivity index (χ0) is 10.3. The second kappa shape index (κ2) is 7.01. The van der Waals surface area contributed by atoms with Gasteiger partial charge in [0.15, 0.2) is 18.9 Å². The Labute approximate surface area is 106 Å². The zero-order valence-corrected chi connectivity index (χ0v) is 10.5. The summed E-state index contributed by atoms with van der Waals surface area (Å²) in [4.78, 5) is 0. The summed E-state index contributed by atoms with van der Waals surface area (Å²) in [5, 5.41) is 0. The molecule has 84 valence electrons. The average Bonchev–Trinajstić information content (AvgIpc) is 2.32. The van der Waals surface area contributed by atoms with Crippen LogP contribution in [0.3, 0.4) is 0 Å². The number of nitrogens with zero attached hydrogens (tertiary/aromatic N) is 1. The largest absolute Gasteiger partial charge is 1.00 e. The molecule has 0 N–H and O–H groups in total. The van der Waals surface area contributed by atoms with E-state index in [1.165, 1.54) is 0 Å². The second-order valence-corrected chi connectivity index (χ2v) is 3.27. The standard InChI is InChI=1S/C13H14NO.BrH/c1-3-7-13(8-4-1)15-12-11-14-9-5-2-6-10-14;/h1-10H,11-12H2;1H/q+1;/p-1. The molecule has 2 rings (SSSR count). The molecular formula is C13H14BrNO. The van der Waals surface area contributed by atoms with Crippen LogP contribution in [0.4, 0.5) is 0 Å². The Morgan fingerprint density at radius 1 is 0.875 bits per heavy atom. The minimum atomic E-state index is 0. The first-order valence-electron chi connectivity index (χ1n) is 5.07. The van der Waals surface area contributed by atoms with E-state index in [-0.39, 0.29) is 17.0 Å². The van der Waals surface area contributed by atoms with E-state index in [0.717, 1.165) is 12.3 Å². The molecule has 0 aliphatic rings. The molecule has 1 heterocycles. The SMILES string of the molecule is [Br-].c1ccc(OCC[n+]2ccccc2)cc1. The van der Waals surface area contributed by atoms with Crippen molar-refractivity contribution < 1.29 is 26.3 Å². The van der Waals surface area contributed by atoms with Crippen LogP contribution in [-0.4, -0.2) is 6.61 Å². The van der Waals surface area contributed by atoms with E-state index in [0.29, 0.717) is 6.61 Å². The smallest absolute Gasteiger partial charge is 0.182 e. The lowest BCUT2D eigenvalue weighted by atomic mass is 10.3. The topological polar surface area (TPSA) is 13.1 Å². The van der Waals surface area contributed by atoms with Crippen LogP contribution >= 0.6 is 0 Å². The molecule has 0 saturated carbocycles. The van der Waals surface area contributed by atoms with Crippen LogP contribution in [0.5, 0.6) is 5.75 Å². The Hall–Kier alpha value is -1.35. The third-order valence-corrected chi connectivity index (χ3v) is 2.14. The van der Waals surface area contributed by atoms with Gasteiger partial charge in [0.25, 0.3) is 0 Å². The summed E-state index contributed by atoms with van der Waals surface area (Å²) >= 11 is 0. The van der Waals surface area contributed by atoms with E-state index in [4.69, 9.17) is 4.74 Å². The van der Waals surface area contributed by atoms with Gasteiger partial charge in [0, 0.05) is 12.1 Å². The molecule has 0 radical (unpaired) electrons. The monoisotopic (exact) mass is 279 g/mol. The Morgan fingerprint density at radius 3 is 2.19 bits per heavy atom. The maximum atomic E-state index is 5.59. The molecule has 0 saturated heterocycles. The van der Waals surface area contributed by atoms with Gasteiger partial charge < -0.3 is 21.7 Å². The molecule has 0 bridgehead atoms. The quantitative estimate of drug-likeness (QED) is 0.659. The zero-order valence-electron chi connectivity index (χ0n) is 8.92. The fourth-order valence-electron chi connectivity index (χ4n) is 1.37. The summed E-state index contributed by atoms with van der Waals surface area (Å²) in [5.41, 5.74) is 0. The molecule has 0 spiro atoms. The minimum Gasteiger partial charge on any atom is -1.00 e. The molecule has 0 aliphatic heterocycles. The number of hydrogen-bond acceptors (Lipinski definition) is 1. The van der Waals surface area contributed by atoms with Crippen molar-refractivity contribution in [3.63, 3.8) is 0 Å². The molecule has 3 heteroatoms. The molecule has 0 unspecified atom stereocenters. The minimum absolute atomic E-state index is 0. The first-order valence-corrected chi connectivity index (χ1v) is 5.07. The first kappa shape index (κ1) is 12.7. The number of ether oxygens (including phenoxy) is 1. The molecule has 0 amide bonds. The van der Waals surface area contributed by atoms with Gasteiger partial charge in [-0.2, -0.15) is 0 Å². The van der Waals surface area contributed by atoms with E-state index in [1.807, 2.05) is 60.9 Å². The number of halogens is 1. The molecule has 2 nitrogen and oxygen atoms in total. The van der Waals surface area contributed by atoms with E-state index >= 15 is 0 Å². The van der Waals surface area contributed by atoms with E-state index in [1.54, 1.807) is 0 Å². The number of hydrogen-bond donors (Lipinski definition) is 0. The van der Waals surface area contributed by atoms with Crippen LogP contribution in [0.1, 0.15) is 0 Å². The molecule has 1 aromatic carbocycles. The van der Waals surface area contributed by atoms with Crippen LogP contribution in [0.15, 0.2) is 60.9 Å². The van der Waals surface area contributed by atoms with Gasteiger partial charge in [-0.15, -0.1) is 0 Å². The maximum Gasteiger partial charge on any atom is 0.182 e. The average molecular weight is 280 g/mol. The fraction of sp³-hybridized carbons (Fsp3) is 0.154. The molecule has 0 fully saturated rings. The predicted molar refractivity (Wildman–Crippen MR) is 58.6 cm³/mol. The molecule has 2 aromatic rings. The van der Waals surface area contributed by atoms with Crippen LogP contribution in [0.2, 0.25) is 0 Å². The highest BCUT2D eigenvalue weighted by Gasteiger charge is 1.98. The summed E-state index contributed by atoms with van der Waals surface area (Å²) in [6, 6.07) is 15.9. The predicted octanol–water partition coefficient (Wildman–Crippen LogP) is -0.943. The van der Waals surface area contributed by atoms with Crippen LogP contribution in [0.25, 0.3) is 0 Å². The van der Waals surface area contributed by atoms with Gasteiger partial charge >= 0.3 is 0 Å².